The first kappa shape index (κ1) is 21.4. The Bertz CT molecular complexity index is 1040. The SMILES string of the molecule is COc1ccc(CN(C)C(=O)Cc2c(C)nn(-c3ccc(F)cc3)c2C)c(OC)c1. The van der Waals surface area contributed by atoms with Crippen molar-refractivity contribution in [3.8, 4) is 17.2 Å². The van der Waals surface area contributed by atoms with Crippen LogP contribution in [0.1, 0.15) is 22.5 Å². The van der Waals surface area contributed by atoms with Crippen LogP contribution in [0.25, 0.3) is 5.69 Å². The van der Waals surface area contributed by atoms with Crippen LogP contribution in [0.2, 0.25) is 0 Å². The predicted molar refractivity (Wildman–Crippen MR) is 113 cm³/mol. The van der Waals surface area contributed by atoms with E-state index >= 15 is 0 Å². The van der Waals surface area contributed by atoms with Crippen molar-refractivity contribution in [1.29, 1.82) is 0 Å². The van der Waals surface area contributed by atoms with Crippen molar-refractivity contribution in [2.24, 2.45) is 0 Å². The molecule has 0 saturated heterocycles. The summed E-state index contributed by atoms with van der Waals surface area (Å²) in [4.78, 5) is 14.6. The molecule has 0 aliphatic heterocycles. The minimum Gasteiger partial charge on any atom is -0.497 e. The Hall–Kier alpha value is -3.35. The molecule has 2 aromatic carbocycles. The molecule has 3 rings (SSSR count). The third kappa shape index (κ3) is 4.45. The molecule has 0 unspecified atom stereocenters. The van der Waals surface area contributed by atoms with Crippen LogP contribution in [-0.2, 0) is 17.8 Å². The maximum absolute atomic E-state index is 13.2. The number of hydrogen-bond acceptors (Lipinski definition) is 4. The van der Waals surface area contributed by atoms with Gasteiger partial charge in [-0.15, -0.1) is 0 Å². The maximum Gasteiger partial charge on any atom is 0.227 e. The molecule has 0 aliphatic rings. The van der Waals surface area contributed by atoms with Gasteiger partial charge in [0.15, 0.2) is 0 Å². The number of hydrogen-bond donors (Lipinski definition) is 0. The summed E-state index contributed by atoms with van der Waals surface area (Å²) < 4.78 is 25.6. The highest BCUT2D eigenvalue weighted by Gasteiger charge is 2.19. The lowest BCUT2D eigenvalue weighted by Gasteiger charge is -2.19. The summed E-state index contributed by atoms with van der Waals surface area (Å²) in [6.07, 6.45) is 0.230. The molecule has 3 aromatic rings. The average Bonchev–Trinajstić information content (AvgIpc) is 3.02. The third-order valence-corrected chi connectivity index (χ3v) is 5.17. The third-order valence-electron chi connectivity index (χ3n) is 5.17. The van der Waals surface area contributed by atoms with Gasteiger partial charge in [-0.2, -0.15) is 5.10 Å². The quantitative estimate of drug-likeness (QED) is 0.593. The first-order valence-corrected chi connectivity index (χ1v) is 9.60. The summed E-state index contributed by atoms with van der Waals surface area (Å²) in [5.74, 6) is 1.04. The summed E-state index contributed by atoms with van der Waals surface area (Å²) in [5, 5.41) is 4.54. The standard InChI is InChI=1S/C23H26FN3O3/c1-15-21(16(2)27(25-15)19-9-7-18(24)8-10-19)13-23(28)26(3)14-17-6-11-20(29-4)12-22(17)30-5/h6-12H,13-14H2,1-5H3. The molecule has 158 valence electrons. The van der Waals surface area contributed by atoms with Gasteiger partial charge in [-0.05, 0) is 50.2 Å². The molecule has 0 bridgehead atoms. The molecule has 30 heavy (non-hydrogen) atoms. The largest absolute Gasteiger partial charge is 0.497 e. The molecule has 1 amide bonds. The van der Waals surface area contributed by atoms with Crippen molar-refractivity contribution in [3.63, 3.8) is 0 Å². The molecule has 1 heterocycles. The van der Waals surface area contributed by atoms with E-state index in [4.69, 9.17) is 9.47 Å². The predicted octanol–water partition coefficient (Wildman–Crippen LogP) is 3.85. The number of nitrogens with zero attached hydrogens (tertiary/aromatic N) is 3. The molecule has 0 fully saturated rings. The second-order valence-corrected chi connectivity index (χ2v) is 7.14. The number of amides is 1. The van der Waals surface area contributed by atoms with Gasteiger partial charge in [-0.3, -0.25) is 4.79 Å². The number of carbonyl (C=O) groups excluding carboxylic acids is 1. The van der Waals surface area contributed by atoms with Gasteiger partial charge in [0.2, 0.25) is 5.91 Å². The van der Waals surface area contributed by atoms with E-state index in [0.717, 1.165) is 28.2 Å². The second-order valence-electron chi connectivity index (χ2n) is 7.14. The van der Waals surface area contributed by atoms with Gasteiger partial charge in [0.25, 0.3) is 0 Å². The molecule has 0 radical (unpaired) electrons. The van der Waals surface area contributed by atoms with Crippen molar-refractivity contribution in [2.45, 2.75) is 26.8 Å². The molecule has 7 heteroatoms. The monoisotopic (exact) mass is 411 g/mol. The molecule has 0 atom stereocenters. The van der Waals surface area contributed by atoms with Crippen molar-refractivity contribution < 1.29 is 18.7 Å². The first-order valence-electron chi connectivity index (χ1n) is 9.60. The number of carbonyl (C=O) groups is 1. The van der Waals surface area contributed by atoms with Crippen molar-refractivity contribution >= 4 is 5.91 Å². The molecule has 0 saturated carbocycles. The van der Waals surface area contributed by atoms with E-state index in [1.165, 1.54) is 12.1 Å². The smallest absolute Gasteiger partial charge is 0.227 e. The summed E-state index contributed by atoms with van der Waals surface area (Å²) in [5.41, 5.74) is 4.16. The van der Waals surface area contributed by atoms with E-state index in [-0.39, 0.29) is 18.1 Å². The zero-order valence-electron chi connectivity index (χ0n) is 17.9. The van der Waals surface area contributed by atoms with E-state index < -0.39 is 0 Å². The molecule has 0 N–H and O–H groups in total. The fourth-order valence-electron chi connectivity index (χ4n) is 3.38. The number of halogens is 1. The van der Waals surface area contributed by atoms with Crippen LogP contribution in [0.5, 0.6) is 11.5 Å². The summed E-state index contributed by atoms with van der Waals surface area (Å²) in [6, 6.07) is 11.7. The Balaban J connectivity index is 1.77. The highest BCUT2D eigenvalue weighted by atomic mass is 19.1. The number of methoxy groups -OCH3 is 2. The van der Waals surface area contributed by atoms with Crippen LogP contribution in [0.4, 0.5) is 4.39 Å². The van der Waals surface area contributed by atoms with E-state index in [0.29, 0.717) is 18.0 Å². The van der Waals surface area contributed by atoms with E-state index in [2.05, 4.69) is 5.10 Å². The Kier molecular flexibility index (Phi) is 6.40. The van der Waals surface area contributed by atoms with Crippen LogP contribution in [0.3, 0.4) is 0 Å². The summed E-state index contributed by atoms with van der Waals surface area (Å²) in [7, 11) is 4.96. The topological polar surface area (TPSA) is 56.6 Å². The van der Waals surface area contributed by atoms with Crippen LogP contribution < -0.4 is 9.47 Å². The Morgan fingerprint density at radius 2 is 1.80 bits per heavy atom. The fraction of sp³-hybridized carbons (Fsp3) is 0.304. The van der Waals surface area contributed by atoms with Gasteiger partial charge in [0.05, 0.1) is 32.0 Å². The van der Waals surface area contributed by atoms with Gasteiger partial charge in [-0.1, -0.05) is 0 Å². The Morgan fingerprint density at radius 1 is 1.10 bits per heavy atom. The number of aromatic nitrogens is 2. The van der Waals surface area contributed by atoms with E-state index in [1.54, 1.807) is 49.0 Å². The van der Waals surface area contributed by atoms with Crippen LogP contribution in [0.15, 0.2) is 42.5 Å². The van der Waals surface area contributed by atoms with Gasteiger partial charge in [0.1, 0.15) is 17.3 Å². The Labute approximate surface area is 175 Å². The normalized spacial score (nSPS) is 10.7. The van der Waals surface area contributed by atoms with Gasteiger partial charge in [0, 0.05) is 36.5 Å². The van der Waals surface area contributed by atoms with E-state index in [1.807, 2.05) is 26.0 Å². The number of likely N-dealkylation sites (N-methyl/N-ethyl adjacent to an activating group) is 1. The number of ether oxygens (including phenoxy) is 2. The summed E-state index contributed by atoms with van der Waals surface area (Å²) >= 11 is 0. The van der Waals surface area contributed by atoms with Gasteiger partial charge < -0.3 is 14.4 Å². The van der Waals surface area contributed by atoms with Crippen LogP contribution >= 0.6 is 0 Å². The van der Waals surface area contributed by atoms with Gasteiger partial charge >= 0.3 is 0 Å². The molecule has 6 nitrogen and oxygen atoms in total. The van der Waals surface area contributed by atoms with Crippen molar-refractivity contribution in [3.05, 3.63) is 70.8 Å². The second kappa shape index (κ2) is 8.98. The highest BCUT2D eigenvalue weighted by molar-refractivity contribution is 5.79. The number of rotatable bonds is 7. The highest BCUT2D eigenvalue weighted by Crippen LogP contribution is 2.26. The maximum atomic E-state index is 13.2. The Morgan fingerprint density at radius 3 is 2.43 bits per heavy atom. The fourth-order valence-corrected chi connectivity index (χ4v) is 3.38. The van der Waals surface area contributed by atoms with Crippen molar-refractivity contribution in [2.75, 3.05) is 21.3 Å². The van der Waals surface area contributed by atoms with Gasteiger partial charge in [-0.25, -0.2) is 9.07 Å². The lowest BCUT2D eigenvalue weighted by molar-refractivity contribution is -0.129. The van der Waals surface area contributed by atoms with E-state index in [9.17, 15) is 9.18 Å². The first-order chi connectivity index (χ1) is 14.3. The molecule has 0 aliphatic carbocycles. The zero-order valence-corrected chi connectivity index (χ0v) is 17.9. The van der Waals surface area contributed by atoms with Crippen molar-refractivity contribution in [1.82, 2.24) is 14.7 Å². The molecule has 0 spiro atoms. The van der Waals surface area contributed by atoms with Crippen LogP contribution in [-0.4, -0.2) is 41.9 Å². The lowest BCUT2D eigenvalue weighted by atomic mass is 10.1. The minimum atomic E-state index is -0.300. The number of aryl methyl sites for hydroxylation is 1. The molecular weight excluding hydrogens is 385 g/mol. The lowest BCUT2D eigenvalue weighted by Crippen LogP contribution is -2.28. The average molecular weight is 411 g/mol. The molecular formula is C23H26FN3O3. The summed E-state index contributed by atoms with van der Waals surface area (Å²) in [6.45, 7) is 4.21. The zero-order chi connectivity index (χ0) is 21.8. The van der Waals surface area contributed by atoms with Crippen LogP contribution in [0, 0.1) is 19.7 Å². The molecule has 1 aromatic heterocycles. The minimum absolute atomic E-state index is 0.0299. The number of benzene rings is 2.